The van der Waals surface area contributed by atoms with Gasteiger partial charge < -0.3 is 0 Å². The van der Waals surface area contributed by atoms with Crippen LogP contribution in [0.5, 0.6) is 0 Å². The number of hydrogen-bond acceptors (Lipinski definition) is 1. The van der Waals surface area contributed by atoms with Crippen LogP contribution in [-0.2, 0) is 6.42 Å². The molecule has 152 valence electrons. The van der Waals surface area contributed by atoms with Crippen molar-refractivity contribution in [3.63, 3.8) is 0 Å². The third-order valence-corrected chi connectivity index (χ3v) is 5.57. The predicted octanol–water partition coefficient (Wildman–Crippen LogP) is 8.16. The van der Waals surface area contributed by atoms with Crippen molar-refractivity contribution in [3.8, 4) is 0 Å². The van der Waals surface area contributed by atoms with Gasteiger partial charge in [-0.25, -0.2) is 0 Å². The molecule has 2 rings (SSSR count). The van der Waals surface area contributed by atoms with Crippen molar-refractivity contribution in [2.75, 3.05) is 0 Å². The molecule has 2 aromatic rings. The maximum absolute atomic E-state index is 12.4. The van der Waals surface area contributed by atoms with Gasteiger partial charge in [0.25, 0.3) is 0 Å². The molecule has 1 nitrogen and oxygen atoms in total. The first kappa shape index (κ1) is 22.4. The first-order valence-electron chi connectivity index (χ1n) is 11.5. The lowest BCUT2D eigenvalue weighted by Crippen LogP contribution is -2.01. The molecule has 0 spiro atoms. The van der Waals surface area contributed by atoms with Crippen molar-refractivity contribution in [2.24, 2.45) is 0 Å². The first-order valence-corrected chi connectivity index (χ1v) is 11.5. The van der Waals surface area contributed by atoms with Crippen molar-refractivity contribution in [3.05, 3.63) is 71.3 Å². The standard InChI is InChI=1S/C27H38O/c1-2-3-4-5-6-7-8-9-10-11-12-14-17-24-20-22-26(23-21-24)27(28)25-18-15-13-16-19-25/h13,15-16,18-23H,2-12,14,17H2,1H3. The minimum atomic E-state index is 0.109. The largest absolute Gasteiger partial charge is 0.289 e. The van der Waals surface area contributed by atoms with E-state index in [1.165, 1.54) is 82.6 Å². The van der Waals surface area contributed by atoms with E-state index < -0.39 is 0 Å². The van der Waals surface area contributed by atoms with Gasteiger partial charge in [-0.3, -0.25) is 4.79 Å². The van der Waals surface area contributed by atoms with Gasteiger partial charge in [0.15, 0.2) is 5.78 Å². The Kier molecular flexibility index (Phi) is 11.3. The number of ketones is 1. The summed E-state index contributed by atoms with van der Waals surface area (Å²) in [5.74, 6) is 0.109. The molecule has 0 amide bonds. The summed E-state index contributed by atoms with van der Waals surface area (Å²) in [5, 5.41) is 0. The smallest absolute Gasteiger partial charge is 0.193 e. The maximum Gasteiger partial charge on any atom is 0.193 e. The molecule has 1 heteroatoms. The van der Waals surface area contributed by atoms with Gasteiger partial charge in [0.1, 0.15) is 0 Å². The van der Waals surface area contributed by atoms with Crippen LogP contribution in [0.25, 0.3) is 0 Å². The Morgan fingerprint density at radius 1 is 0.571 bits per heavy atom. The first-order chi connectivity index (χ1) is 13.8. The summed E-state index contributed by atoms with van der Waals surface area (Å²) in [7, 11) is 0. The van der Waals surface area contributed by atoms with Crippen molar-refractivity contribution < 1.29 is 4.79 Å². The highest BCUT2D eigenvalue weighted by molar-refractivity contribution is 6.08. The molecule has 2 aromatic carbocycles. The SMILES string of the molecule is CCCCCCCCCCCCCCc1ccc(C(=O)c2ccccc2)cc1. The van der Waals surface area contributed by atoms with Crippen LogP contribution in [0.3, 0.4) is 0 Å². The van der Waals surface area contributed by atoms with Crippen molar-refractivity contribution in [1.82, 2.24) is 0 Å². The average molecular weight is 379 g/mol. The summed E-state index contributed by atoms with van der Waals surface area (Å²) in [6.07, 6.45) is 17.7. The van der Waals surface area contributed by atoms with Crippen LogP contribution >= 0.6 is 0 Å². The highest BCUT2D eigenvalue weighted by Crippen LogP contribution is 2.15. The molecule has 0 radical (unpaired) electrons. The van der Waals surface area contributed by atoms with Gasteiger partial charge in [0.2, 0.25) is 0 Å². The lowest BCUT2D eigenvalue weighted by atomic mass is 9.99. The molecule has 0 atom stereocenters. The molecular weight excluding hydrogens is 340 g/mol. The number of unbranched alkanes of at least 4 members (excludes halogenated alkanes) is 11. The Morgan fingerprint density at radius 3 is 1.57 bits per heavy atom. The third-order valence-electron chi connectivity index (χ3n) is 5.57. The summed E-state index contributed by atoms with van der Waals surface area (Å²) in [6, 6.07) is 17.7. The summed E-state index contributed by atoms with van der Waals surface area (Å²) < 4.78 is 0. The summed E-state index contributed by atoms with van der Waals surface area (Å²) in [4.78, 5) is 12.4. The monoisotopic (exact) mass is 378 g/mol. The maximum atomic E-state index is 12.4. The van der Waals surface area contributed by atoms with Crippen molar-refractivity contribution in [2.45, 2.75) is 90.4 Å². The molecule has 0 unspecified atom stereocenters. The Balaban J connectivity index is 1.52. The van der Waals surface area contributed by atoms with E-state index in [1.54, 1.807) is 0 Å². The molecule has 0 aliphatic rings. The van der Waals surface area contributed by atoms with E-state index in [2.05, 4.69) is 19.1 Å². The number of hydrogen-bond donors (Lipinski definition) is 0. The second-order valence-corrected chi connectivity index (χ2v) is 8.03. The molecule has 0 fully saturated rings. The average Bonchev–Trinajstić information content (AvgIpc) is 2.75. The summed E-state index contributed by atoms with van der Waals surface area (Å²) >= 11 is 0. The normalized spacial score (nSPS) is 10.9. The fourth-order valence-corrected chi connectivity index (χ4v) is 3.75. The fraction of sp³-hybridized carbons (Fsp3) is 0.519. The third kappa shape index (κ3) is 8.87. The molecule has 0 saturated carbocycles. The fourth-order valence-electron chi connectivity index (χ4n) is 3.75. The molecule has 0 N–H and O–H groups in total. The highest BCUT2D eigenvalue weighted by Gasteiger charge is 2.07. The molecule has 0 aliphatic heterocycles. The van der Waals surface area contributed by atoms with Gasteiger partial charge in [-0.05, 0) is 18.4 Å². The van der Waals surface area contributed by atoms with Gasteiger partial charge in [0, 0.05) is 11.1 Å². The van der Waals surface area contributed by atoms with E-state index in [0.29, 0.717) is 0 Å². The van der Waals surface area contributed by atoms with E-state index in [9.17, 15) is 4.79 Å². The Bertz CT molecular complexity index is 642. The number of aryl methyl sites for hydroxylation is 1. The van der Waals surface area contributed by atoms with Crippen LogP contribution in [0.1, 0.15) is 105 Å². The lowest BCUT2D eigenvalue weighted by Gasteiger charge is -2.05. The van der Waals surface area contributed by atoms with E-state index in [4.69, 9.17) is 0 Å². The van der Waals surface area contributed by atoms with Crippen LogP contribution in [0, 0.1) is 0 Å². The van der Waals surface area contributed by atoms with Gasteiger partial charge in [0.05, 0.1) is 0 Å². The van der Waals surface area contributed by atoms with Gasteiger partial charge in [-0.2, -0.15) is 0 Å². The van der Waals surface area contributed by atoms with Crippen molar-refractivity contribution >= 4 is 5.78 Å². The van der Waals surface area contributed by atoms with Crippen LogP contribution in [-0.4, -0.2) is 5.78 Å². The van der Waals surface area contributed by atoms with Crippen LogP contribution in [0.2, 0.25) is 0 Å². The number of carbonyl (C=O) groups is 1. The number of benzene rings is 2. The number of carbonyl (C=O) groups excluding carboxylic acids is 1. The Morgan fingerprint density at radius 2 is 1.04 bits per heavy atom. The minimum Gasteiger partial charge on any atom is -0.289 e. The van der Waals surface area contributed by atoms with E-state index in [1.807, 2.05) is 42.5 Å². The molecule has 0 bridgehead atoms. The molecule has 0 saturated heterocycles. The van der Waals surface area contributed by atoms with Gasteiger partial charge in [-0.1, -0.05) is 132 Å². The van der Waals surface area contributed by atoms with Crippen LogP contribution in [0.15, 0.2) is 54.6 Å². The van der Waals surface area contributed by atoms with E-state index >= 15 is 0 Å². The summed E-state index contributed by atoms with van der Waals surface area (Å²) in [5.41, 5.74) is 2.89. The predicted molar refractivity (Wildman–Crippen MR) is 121 cm³/mol. The Labute approximate surface area is 172 Å². The van der Waals surface area contributed by atoms with Gasteiger partial charge in [-0.15, -0.1) is 0 Å². The second kappa shape index (κ2) is 14.2. The zero-order chi connectivity index (χ0) is 19.9. The van der Waals surface area contributed by atoms with Gasteiger partial charge >= 0.3 is 0 Å². The van der Waals surface area contributed by atoms with Crippen molar-refractivity contribution in [1.29, 1.82) is 0 Å². The second-order valence-electron chi connectivity index (χ2n) is 8.03. The zero-order valence-corrected chi connectivity index (χ0v) is 17.8. The lowest BCUT2D eigenvalue weighted by molar-refractivity contribution is 0.103. The quantitative estimate of drug-likeness (QED) is 0.226. The number of rotatable bonds is 15. The zero-order valence-electron chi connectivity index (χ0n) is 17.8. The van der Waals surface area contributed by atoms with Crippen LogP contribution in [0.4, 0.5) is 0 Å². The van der Waals surface area contributed by atoms with Crippen LogP contribution < -0.4 is 0 Å². The molecule has 0 heterocycles. The molecule has 0 aromatic heterocycles. The minimum absolute atomic E-state index is 0.109. The highest BCUT2D eigenvalue weighted by atomic mass is 16.1. The van der Waals surface area contributed by atoms with E-state index in [-0.39, 0.29) is 5.78 Å². The van der Waals surface area contributed by atoms with E-state index in [0.717, 1.165) is 17.5 Å². The topological polar surface area (TPSA) is 17.1 Å². The Hall–Kier alpha value is -1.89. The molecular formula is C27H38O. The summed E-state index contributed by atoms with van der Waals surface area (Å²) in [6.45, 7) is 2.28. The molecule has 0 aliphatic carbocycles. The molecule has 28 heavy (non-hydrogen) atoms.